The summed E-state index contributed by atoms with van der Waals surface area (Å²) in [7, 11) is 3.76. The summed E-state index contributed by atoms with van der Waals surface area (Å²) in [5, 5.41) is 63.7. The van der Waals surface area contributed by atoms with Gasteiger partial charge in [0.1, 0.15) is 23.9 Å². The predicted molar refractivity (Wildman–Crippen MR) is 190 cm³/mol. The van der Waals surface area contributed by atoms with Crippen molar-refractivity contribution in [3.05, 3.63) is 22.4 Å². The number of cyclic esters (lactones) is 1. The maximum Gasteiger partial charge on any atom is 0.311 e. The van der Waals surface area contributed by atoms with Gasteiger partial charge in [0.25, 0.3) is 0 Å². The molecule has 0 aromatic carbocycles. The molecule has 2 aliphatic heterocycles. The van der Waals surface area contributed by atoms with Crippen molar-refractivity contribution in [1.29, 1.82) is 0 Å². The van der Waals surface area contributed by atoms with E-state index in [-0.39, 0.29) is 25.0 Å². The highest BCUT2D eigenvalue weighted by Gasteiger charge is 2.49. The largest absolute Gasteiger partial charge is 0.459 e. The minimum absolute atomic E-state index is 0.220. The predicted octanol–water partition coefficient (Wildman–Crippen LogP) is 2.34. The maximum atomic E-state index is 13.5. The van der Waals surface area contributed by atoms with Crippen LogP contribution in [0.1, 0.15) is 85.4 Å². The van der Waals surface area contributed by atoms with Crippen LogP contribution in [0.15, 0.2) is 17.5 Å². The van der Waals surface area contributed by atoms with Crippen molar-refractivity contribution in [3.8, 4) is 0 Å². The molecule has 0 aliphatic carbocycles. The van der Waals surface area contributed by atoms with Crippen LogP contribution in [0.3, 0.4) is 0 Å². The third-order valence-corrected chi connectivity index (χ3v) is 11.7. The SMILES string of the molecule is CC[C@H]1OC(=O)[C@H](C)[C@@H](O)[C@H](C)[C@@H](O[C@@H]2O[C@H](C)C[C@H](N(C)C)[C@H]2O)C(C)(O)CCCN(CCCNCc2cccs2)[C@H](C)[C@@H](O)[C@]1(C)O. The van der Waals surface area contributed by atoms with Crippen molar-refractivity contribution >= 4 is 17.3 Å². The number of nitrogens with zero attached hydrogens (tertiary/aromatic N) is 2. The van der Waals surface area contributed by atoms with Crippen LogP contribution in [-0.4, -0.2) is 141 Å². The number of esters is 1. The summed E-state index contributed by atoms with van der Waals surface area (Å²) in [6.45, 7) is 14.6. The van der Waals surface area contributed by atoms with E-state index in [1.165, 1.54) is 18.7 Å². The lowest BCUT2D eigenvalue weighted by Gasteiger charge is -2.46. The van der Waals surface area contributed by atoms with Gasteiger partial charge in [-0.1, -0.05) is 19.9 Å². The molecule has 0 radical (unpaired) electrons. The Hall–Kier alpha value is -1.23. The fourth-order valence-electron chi connectivity index (χ4n) is 7.49. The number of aliphatic hydroxyl groups excluding tert-OH is 3. The Morgan fingerprint density at radius 2 is 1.82 bits per heavy atom. The molecule has 1 aromatic rings. The van der Waals surface area contributed by atoms with E-state index >= 15 is 0 Å². The van der Waals surface area contributed by atoms with Crippen molar-refractivity contribution in [1.82, 2.24) is 15.1 Å². The van der Waals surface area contributed by atoms with Gasteiger partial charge in [-0.15, -0.1) is 11.3 Å². The average Bonchev–Trinajstić information content (AvgIpc) is 3.57. The fourth-order valence-corrected chi connectivity index (χ4v) is 8.16. The quantitative estimate of drug-likeness (QED) is 0.155. The lowest BCUT2D eigenvalue weighted by Crippen LogP contribution is -2.59. The van der Waals surface area contributed by atoms with Crippen LogP contribution in [0, 0.1) is 11.8 Å². The number of aliphatic hydroxyl groups is 5. The van der Waals surface area contributed by atoms with Gasteiger partial charge in [-0.2, -0.15) is 0 Å². The van der Waals surface area contributed by atoms with Gasteiger partial charge in [0, 0.05) is 29.4 Å². The Labute approximate surface area is 297 Å². The zero-order valence-electron chi connectivity index (χ0n) is 31.1. The molecule has 284 valence electrons. The lowest BCUT2D eigenvalue weighted by atomic mass is 9.79. The van der Waals surface area contributed by atoms with Gasteiger partial charge in [-0.25, -0.2) is 0 Å². The van der Waals surface area contributed by atoms with Crippen molar-refractivity contribution in [2.75, 3.05) is 33.7 Å². The van der Waals surface area contributed by atoms with Crippen molar-refractivity contribution in [2.24, 2.45) is 11.8 Å². The highest BCUT2D eigenvalue weighted by molar-refractivity contribution is 7.09. The first-order chi connectivity index (χ1) is 22.9. The summed E-state index contributed by atoms with van der Waals surface area (Å²) in [6.07, 6.45) is -4.54. The van der Waals surface area contributed by atoms with Crippen LogP contribution in [0.2, 0.25) is 0 Å². The molecule has 0 spiro atoms. The number of carbonyl (C=O) groups is 1. The number of rotatable bonds is 10. The summed E-state index contributed by atoms with van der Waals surface area (Å²) in [5.41, 5.74) is -3.28. The molecule has 1 aromatic heterocycles. The van der Waals surface area contributed by atoms with Gasteiger partial charge in [0.2, 0.25) is 0 Å². The maximum absolute atomic E-state index is 13.5. The van der Waals surface area contributed by atoms with E-state index in [4.69, 9.17) is 14.2 Å². The lowest BCUT2D eigenvalue weighted by molar-refractivity contribution is -0.298. The van der Waals surface area contributed by atoms with E-state index < -0.39 is 71.9 Å². The summed E-state index contributed by atoms with van der Waals surface area (Å²) in [4.78, 5) is 18.8. The Balaban J connectivity index is 1.91. The minimum Gasteiger partial charge on any atom is -0.459 e. The molecule has 2 aliphatic rings. The molecule has 12 nitrogen and oxygen atoms in total. The van der Waals surface area contributed by atoms with Crippen LogP contribution in [0.4, 0.5) is 0 Å². The van der Waals surface area contributed by atoms with E-state index in [9.17, 15) is 30.3 Å². The summed E-state index contributed by atoms with van der Waals surface area (Å²) < 4.78 is 18.3. The molecule has 0 amide bonds. The van der Waals surface area contributed by atoms with E-state index in [0.717, 1.165) is 19.5 Å². The van der Waals surface area contributed by atoms with E-state index in [1.807, 2.05) is 44.3 Å². The van der Waals surface area contributed by atoms with Crippen LogP contribution < -0.4 is 5.32 Å². The highest BCUT2D eigenvalue weighted by Crippen LogP contribution is 2.35. The van der Waals surface area contributed by atoms with Gasteiger partial charge >= 0.3 is 5.97 Å². The zero-order valence-corrected chi connectivity index (χ0v) is 31.9. The van der Waals surface area contributed by atoms with Crippen LogP contribution in [0.25, 0.3) is 0 Å². The number of hydrogen-bond donors (Lipinski definition) is 6. The van der Waals surface area contributed by atoms with Crippen LogP contribution in [0.5, 0.6) is 0 Å². The first-order valence-corrected chi connectivity index (χ1v) is 18.9. The molecule has 2 saturated heterocycles. The molecule has 3 rings (SSSR count). The number of likely N-dealkylation sites (N-methyl/N-ethyl adjacent to an activating group) is 1. The first kappa shape index (κ1) is 42.2. The topological polar surface area (TPSA) is 164 Å². The summed E-state index contributed by atoms with van der Waals surface area (Å²) in [6, 6.07) is 3.36. The molecule has 13 heteroatoms. The monoisotopic (exact) mass is 715 g/mol. The number of hydrogen-bond acceptors (Lipinski definition) is 13. The molecule has 13 atom stereocenters. The summed E-state index contributed by atoms with van der Waals surface area (Å²) in [5.74, 6) is -2.57. The Kier molecular flexibility index (Phi) is 15.9. The smallest absolute Gasteiger partial charge is 0.311 e. The second-order valence-electron chi connectivity index (χ2n) is 15.1. The molecular weight excluding hydrogens is 650 g/mol. The number of nitrogens with one attached hydrogen (secondary N) is 1. The standard InChI is InChI=1S/C36H65N3O9S/c1-10-28-36(7,45)31(42)25(5)39(18-13-16-37-21-26-14-11-19-49-26)17-12-15-35(6,44)32(23(3)29(40)24(4)33(43)47-28)48-34-30(41)27(38(8)9)20-22(2)46-34/h11,14,19,22-25,27-32,34,37,40-42,44-45H,10,12-13,15-18,20-21H2,1-9H3/t22-,23+,24-,25-,27+,28-,29+,30-,31-,32-,34+,35?,36-/m1/s1. The molecule has 0 bridgehead atoms. The number of ether oxygens (including phenoxy) is 3. The van der Waals surface area contributed by atoms with E-state index in [2.05, 4.69) is 16.3 Å². The van der Waals surface area contributed by atoms with Gasteiger partial charge in [-0.05, 0) is 112 Å². The Morgan fingerprint density at radius 1 is 1.12 bits per heavy atom. The first-order valence-electron chi connectivity index (χ1n) is 18.1. The Morgan fingerprint density at radius 3 is 2.43 bits per heavy atom. The highest BCUT2D eigenvalue weighted by atomic mass is 32.1. The molecular formula is C36H65N3O9S. The normalized spacial score (nSPS) is 40.9. The van der Waals surface area contributed by atoms with Crippen LogP contribution in [-0.2, 0) is 25.5 Å². The Bertz CT molecular complexity index is 1120. The third-order valence-electron chi connectivity index (χ3n) is 10.8. The fraction of sp³-hybridized carbons (Fsp3) is 0.861. The van der Waals surface area contributed by atoms with Crippen LogP contribution >= 0.6 is 11.3 Å². The van der Waals surface area contributed by atoms with E-state index in [0.29, 0.717) is 25.9 Å². The second kappa shape index (κ2) is 18.5. The van der Waals surface area contributed by atoms with Gasteiger partial charge in [0.05, 0.1) is 29.8 Å². The molecule has 2 fully saturated rings. The zero-order chi connectivity index (χ0) is 36.7. The molecule has 0 saturated carbocycles. The molecule has 3 heterocycles. The molecule has 6 N–H and O–H groups in total. The average molecular weight is 716 g/mol. The van der Waals surface area contributed by atoms with Gasteiger partial charge in [-0.3, -0.25) is 9.69 Å². The van der Waals surface area contributed by atoms with Gasteiger partial charge < -0.3 is 50.0 Å². The van der Waals surface area contributed by atoms with Crippen molar-refractivity contribution in [2.45, 2.75) is 153 Å². The summed E-state index contributed by atoms with van der Waals surface area (Å²) >= 11 is 1.70. The second-order valence-corrected chi connectivity index (χ2v) is 16.2. The number of thiophene rings is 1. The van der Waals surface area contributed by atoms with Gasteiger partial charge in [0.15, 0.2) is 6.29 Å². The van der Waals surface area contributed by atoms with Crippen molar-refractivity contribution < 1.29 is 44.5 Å². The number of carbonyl (C=O) groups excluding carboxylic acids is 1. The minimum atomic E-state index is -1.78. The third kappa shape index (κ3) is 10.9. The molecule has 49 heavy (non-hydrogen) atoms. The van der Waals surface area contributed by atoms with E-state index in [1.54, 1.807) is 32.1 Å². The molecule has 1 unspecified atom stereocenters. The van der Waals surface area contributed by atoms with Crippen molar-refractivity contribution in [3.63, 3.8) is 0 Å².